The summed E-state index contributed by atoms with van der Waals surface area (Å²) in [7, 11) is 2.95. The van der Waals surface area contributed by atoms with Gasteiger partial charge in [-0.05, 0) is 30.9 Å². The average Bonchev–Trinajstić information content (AvgIpc) is 2.72. The van der Waals surface area contributed by atoms with Crippen LogP contribution in [0.4, 0.5) is 0 Å². The molecular formula is C22H30O8S. The van der Waals surface area contributed by atoms with Gasteiger partial charge in [-0.3, -0.25) is 14.4 Å². The number of methoxy groups -OCH3 is 2. The van der Waals surface area contributed by atoms with E-state index in [4.69, 9.17) is 18.9 Å². The smallest absolute Gasteiger partial charge is 0.317 e. The molecule has 0 spiro atoms. The number of carbonyl (C=O) groups is 3. The number of benzene rings is 1. The summed E-state index contributed by atoms with van der Waals surface area (Å²) in [5.41, 5.74) is -1.11. The molecule has 172 valence electrons. The van der Waals surface area contributed by atoms with Crippen LogP contribution in [-0.2, 0) is 33.3 Å². The van der Waals surface area contributed by atoms with Crippen molar-refractivity contribution in [3.63, 3.8) is 0 Å². The molecule has 8 nitrogen and oxygen atoms in total. The quantitative estimate of drug-likeness (QED) is 0.245. The van der Waals surface area contributed by atoms with Gasteiger partial charge in [0, 0.05) is 31.5 Å². The predicted molar refractivity (Wildman–Crippen MR) is 114 cm³/mol. The second kappa shape index (κ2) is 11.6. The van der Waals surface area contributed by atoms with Crippen LogP contribution in [0.3, 0.4) is 0 Å². The van der Waals surface area contributed by atoms with E-state index in [0.717, 1.165) is 4.90 Å². The van der Waals surface area contributed by atoms with Gasteiger partial charge in [0.25, 0.3) is 0 Å². The number of Topliss-reactive ketones (excluding diaryl/α,β-unsaturated/α-hetero) is 1. The summed E-state index contributed by atoms with van der Waals surface area (Å²) >= 11 is 1.54. The molecule has 4 unspecified atom stereocenters. The normalized spacial score (nSPS) is 25.8. The Morgan fingerprint density at radius 3 is 2.10 bits per heavy atom. The van der Waals surface area contributed by atoms with Crippen molar-refractivity contribution in [2.24, 2.45) is 11.8 Å². The average molecular weight is 455 g/mol. The zero-order valence-corrected chi connectivity index (χ0v) is 19.1. The third-order valence-electron chi connectivity index (χ3n) is 5.34. The molecule has 0 heterocycles. The van der Waals surface area contributed by atoms with Crippen LogP contribution in [0.15, 0.2) is 29.2 Å². The van der Waals surface area contributed by atoms with Crippen LogP contribution in [0, 0.1) is 11.8 Å². The monoisotopic (exact) mass is 454 g/mol. The third kappa shape index (κ3) is 6.29. The lowest BCUT2D eigenvalue weighted by Crippen LogP contribution is -2.55. The van der Waals surface area contributed by atoms with Crippen molar-refractivity contribution >= 4 is 29.5 Å². The van der Waals surface area contributed by atoms with Crippen molar-refractivity contribution in [3.8, 4) is 0 Å². The molecule has 1 saturated carbocycles. The number of thioether (sulfide) groups is 1. The number of ketones is 1. The van der Waals surface area contributed by atoms with Gasteiger partial charge in [0.05, 0.1) is 24.7 Å². The molecule has 1 N–H and O–H groups in total. The van der Waals surface area contributed by atoms with Gasteiger partial charge >= 0.3 is 11.9 Å². The van der Waals surface area contributed by atoms with E-state index in [9.17, 15) is 19.5 Å². The minimum absolute atomic E-state index is 0.00303. The first kappa shape index (κ1) is 25.3. The third-order valence-corrected chi connectivity index (χ3v) is 6.08. The molecule has 1 aliphatic rings. The predicted octanol–water partition coefficient (Wildman–Crippen LogP) is 1.83. The van der Waals surface area contributed by atoms with Gasteiger partial charge in [0.15, 0.2) is 5.78 Å². The molecule has 0 amide bonds. The van der Waals surface area contributed by atoms with E-state index in [-0.39, 0.29) is 32.8 Å². The summed E-state index contributed by atoms with van der Waals surface area (Å²) in [5, 5.41) is 11.0. The second-order valence-corrected chi connectivity index (χ2v) is 8.45. The van der Waals surface area contributed by atoms with Crippen LogP contribution in [0.2, 0.25) is 0 Å². The number of rotatable bonds is 10. The molecule has 1 aromatic carbocycles. The van der Waals surface area contributed by atoms with Gasteiger partial charge < -0.3 is 24.1 Å². The summed E-state index contributed by atoms with van der Waals surface area (Å²) in [6.07, 6.45) is 1.57. The van der Waals surface area contributed by atoms with Gasteiger partial charge in [0.1, 0.15) is 19.1 Å². The highest BCUT2D eigenvalue weighted by molar-refractivity contribution is 7.98. The van der Waals surface area contributed by atoms with Gasteiger partial charge in [-0.2, -0.15) is 0 Å². The van der Waals surface area contributed by atoms with Crippen LogP contribution < -0.4 is 0 Å². The lowest BCUT2D eigenvalue weighted by Gasteiger charge is -2.43. The van der Waals surface area contributed by atoms with Crippen molar-refractivity contribution in [3.05, 3.63) is 29.8 Å². The molecule has 1 aromatic rings. The molecule has 1 aliphatic carbocycles. The Balaban J connectivity index is 2.47. The molecule has 0 radical (unpaired) electrons. The number of hydrogen-bond donors (Lipinski definition) is 1. The fourth-order valence-corrected chi connectivity index (χ4v) is 4.28. The van der Waals surface area contributed by atoms with Crippen molar-refractivity contribution in [2.45, 2.75) is 29.8 Å². The Bertz CT molecular complexity index is 761. The first-order valence-electron chi connectivity index (χ1n) is 9.97. The summed E-state index contributed by atoms with van der Waals surface area (Å²) < 4.78 is 20.4. The minimum Gasteiger partial charge on any atom is -0.463 e. The Labute approximate surface area is 186 Å². The summed E-state index contributed by atoms with van der Waals surface area (Å²) in [4.78, 5) is 39.8. The Hall–Kier alpha value is -1.94. The van der Waals surface area contributed by atoms with Gasteiger partial charge in [-0.15, -0.1) is 11.8 Å². The van der Waals surface area contributed by atoms with E-state index >= 15 is 0 Å². The van der Waals surface area contributed by atoms with E-state index in [2.05, 4.69) is 0 Å². The van der Waals surface area contributed by atoms with Crippen LogP contribution in [0.1, 0.15) is 24.8 Å². The zero-order valence-electron chi connectivity index (χ0n) is 18.3. The summed E-state index contributed by atoms with van der Waals surface area (Å²) in [6, 6.07) is 7.20. The number of ether oxygens (including phenoxy) is 4. The molecule has 0 aliphatic heterocycles. The highest BCUT2D eigenvalue weighted by atomic mass is 32.2. The first-order chi connectivity index (χ1) is 14.8. The molecule has 0 saturated heterocycles. The highest BCUT2D eigenvalue weighted by Crippen LogP contribution is 2.46. The molecule has 1 fully saturated rings. The van der Waals surface area contributed by atoms with E-state index in [1.807, 2.05) is 18.4 Å². The van der Waals surface area contributed by atoms with E-state index in [0.29, 0.717) is 5.56 Å². The van der Waals surface area contributed by atoms with Crippen molar-refractivity contribution in [1.29, 1.82) is 0 Å². The maximum Gasteiger partial charge on any atom is 0.317 e. The Morgan fingerprint density at radius 2 is 1.58 bits per heavy atom. The van der Waals surface area contributed by atoms with Crippen LogP contribution in [0.5, 0.6) is 0 Å². The molecule has 2 rings (SSSR count). The van der Waals surface area contributed by atoms with Crippen molar-refractivity contribution < 1.29 is 38.4 Å². The van der Waals surface area contributed by atoms with E-state index < -0.39 is 41.1 Å². The summed E-state index contributed by atoms with van der Waals surface area (Å²) in [6.45, 7) is 1.77. The number of esters is 2. The molecule has 9 heteroatoms. The van der Waals surface area contributed by atoms with E-state index in [1.165, 1.54) is 32.9 Å². The lowest BCUT2D eigenvalue weighted by atomic mass is 9.62. The first-order valence-corrected chi connectivity index (χ1v) is 11.2. The van der Waals surface area contributed by atoms with Crippen LogP contribution in [-0.4, -0.2) is 75.3 Å². The maximum absolute atomic E-state index is 13.0. The van der Waals surface area contributed by atoms with Crippen molar-refractivity contribution in [2.75, 3.05) is 46.9 Å². The van der Waals surface area contributed by atoms with E-state index in [1.54, 1.807) is 12.1 Å². The fourth-order valence-electron chi connectivity index (χ4n) is 3.87. The Morgan fingerprint density at radius 1 is 1.03 bits per heavy atom. The number of hydrogen-bond acceptors (Lipinski definition) is 9. The van der Waals surface area contributed by atoms with Crippen LogP contribution in [0.25, 0.3) is 0 Å². The minimum atomic E-state index is -1.69. The van der Waals surface area contributed by atoms with Gasteiger partial charge in [-0.1, -0.05) is 12.1 Å². The zero-order chi connectivity index (χ0) is 23.0. The lowest BCUT2D eigenvalue weighted by molar-refractivity contribution is -0.174. The Kier molecular flexibility index (Phi) is 9.49. The summed E-state index contributed by atoms with van der Waals surface area (Å²) in [5.74, 6) is -5.22. The second-order valence-electron chi connectivity index (χ2n) is 7.58. The SMILES string of the molecule is COCCOC(=O)C1C(=O)CC(C)(O)C(C(=O)OCCOC)C1c1ccc(SC)cc1. The highest BCUT2D eigenvalue weighted by Gasteiger charge is 2.57. The van der Waals surface area contributed by atoms with Crippen LogP contribution >= 0.6 is 11.8 Å². The topological polar surface area (TPSA) is 108 Å². The number of carbonyl (C=O) groups excluding carboxylic acids is 3. The molecule has 0 aromatic heterocycles. The molecule has 4 atom stereocenters. The standard InChI is InChI=1S/C22H30O8S/c1-22(26)13-16(23)18(20(24)29-11-9-27-2)17(14-5-7-15(31-4)8-6-14)19(22)21(25)30-12-10-28-3/h5-8,17-19,26H,9-13H2,1-4H3. The fraction of sp³-hybridized carbons (Fsp3) is 0.591. The molecule has 31 heavy (non-hydrogen) atoms. The van der Waals surface area contributed by atoms with Crippen molar-refractivity contribution in [1.82, 2.24) is 0 Å². The number of aliphatic hydroxyl groups is 1. The molecular weight excluding hydrogens is 424 g/mol. The van der Waals surface area contributed by atoms with Gasteiger partial charge in [0.2, 0.25) is 0 Å². The maximum atomic E-state index is 13.0. The molecule has 0 bridgehead atoms. The van der Waals surface area contributed by atoms with Gasteiger partial charge in [-0.25, -0.2) is 0 Å². The largest absolute Gasteiger partial charge is 0.463 e.